The number of fused-ring (bicyclic) bond motifs is 1. The van der Waals surface area contributed by atoms with E-state index in [2.05, 4.69) is 20.1 Å². The lowest BCUT2D eigenvalue weighted by atomic mass is 10.2. The second-order valence-corrected chi connectivity index (χ2v) is 7.54. The predicted octanol–water partition coefficient (Wildman–Crippen LogP) is 4.65. The van der Waals surface area contributed by atoms with Crippen LogP contribution in [0.5, 0.6) is 0 Å². The zero-order valence-electron chi connectivity index (χ0n) is 15.7. The monoisotopic (exact) mass is 398 g/mol. The molecule has 28 heavy (non-hydrogen) atoms. The van der Waals surface area contributed by atoms with Crippen LogP contribution in [0.3, 0.4) is 0 Å². The number of hydrogen-bond acceptors (Lipinski definition) is 4. The van der Waals surface area contributed by atoms with E-state index in [4.69, 9.17) is 11.6 Å². The molecule has 4 nitrogen and oxygen atoms in total. The number of halogens is 2. The lowest BCUT2D eigenvalue weighted by Crippen LogP contribution is -2.46. The largest absolute Gasteiger partial charge is 0.384 e. The van der Waals surface area contributed by atoms with Crippen LogP contribution in [0.4, 0.5) is 15.8 Å². The molecular formula is C22H24ClFN4. The van der Waals surface area contributed by atoms with E-state index in [1.54, 1.807) is 0 Å². The number of benzene rings is 2. The van der Waals surface area contributed by atoms with Gasteiger partial charge in [-0.3, -0.25) is 9.88 Å². The summed E-state index contributed by atoms with van der Waals surface area (Å²) >= 11 is 6.05. The fourth-order valence-corrected chi connectivity index (χ4v) is 3.85. The fourth-order valence-electron chi connectivity index (χ4n) is 3.68. The van der Waals surface area contributed by atoms with Crippen LogP contribution in [0, 0.1) is 5.82 Å². The second kappa shape index (κ2) is 8.76. The Morgan fingerprint density at radius 3 is 2.57 bits per heavy atom. The molecule has 2 heterocycles. The molecule has 0 aliphatic carbocycles. The van der Waals surface area contributed by atoms with Crippen LogP contribution >= 0.6 is 11.6 Å². The Bertz CT molecular complexity index is 923. The van der Waals surface area contributed by atoms with E-state index in [1.165, 1.54) is 12.1 Å². The van der Waals surface area contributed by atoms with Gasteiger partial charge in [0.05, 0.1) is 5.52 Å². The molecule has 0 amide bonds. The summed E-state index contributed by atoms with van der Waals surface area (Å²) in [5, 5.41) is 5.33. The Kier molecular flexibility index (Phi) is 5.93. The lowest BCUT2D eigenvalue weighted by molar-refractivity contribution is 0.257. The van der Waals surface area contributed by atoms with Crippen molar-refractivity contribution in [2.24, 2.45) is 0 Å². The van der Waals surface area contributed by atoms with Gasteiger partial charge in [-0.25, -0.2) is 4.39 Å². The zero-order chi connectivity index (χ0) is 19.3. The first-order valence-electron chi connectivity index (χ1n) is 9.70. The van der Waals surface area contributed by atoms with Gasteiger partial charge < -0.3 is 10.2 Å². The molecule has 1 aliphatic heterocycles. The first-order chi connectivity index (χ1) is 13.7. The highest BCUT2D eigenvalue weighted by atomic mass is 35.5. The van der Waals surface area contributed by atoms with Crippen molar-refractivity contribution in [2.75, 3.05) is 49.5 Å². The molecule has 0 saturated carbocycles. The first-order valence-corrected chi connectivity index (χ1v) is 10.1. The van der Waals surface area contributed by atoms with E-state index < -0.39 is 0 Å². The maximum Gasteiger partial charge on any atom is 0.123 e. The minimum absolute atomic E-state index is 0.181. The Morgan fingerprint density at radius 2 is 1.79 bits per heavy atom. The normalized spacial score (nSPS) is 15.1. The van der Waals surface area contributed by atoms with Crippen LogP contribution < -0.4 is 10.2 Å². The summed E-state index contributed by atoms with van der Waals surface area (Å²) < 4.78 is 13.1. The van der Waals surface area contributed by atoms with Crippen LogP contribution in [-0.4, -0.2) is 49.2 Å². The number of nitrogens with zero attached hydrogens (tertiary/aromatic N) is 3. The molecule has 0 atom stereocenters. The smallest absolute Gasteiger partial charge is 0.123 e. The van der Waals surface area contributed by atoms with Gasteiger partial charge in [-0.15, -0.1) is 0 Å². The molecule has 4 rings (SSSR count). The van der Waals surface area contributed by atoms with Crippen LogP contribution in [-0.2, 0) is 0 Å². The summed E-state index contributed by atoms with van der Waals surface area (Å²) in [5.74, 6) is -0.181. The number of nitrogens with one attached hydrogen (secondary N) is 1. The Hall–Kier alpha value is -2.37. The number of anilines is 2. The highest BCUT2D eigenvalue weighted by molar-refractivity contribution is 6.31. The van der Waals surface area contributed by atoms with Crippen molar-refractivity contribution in [3.8, 4) is 0 Å². The van der Waals surface area contributed by atoms with Crippen molar-refractivity contribution in [1.29, 1.82) is 0 Å². The lowest BCUT2D eigenvalue weighted by Gasteiger charge is -2.36. The average Bonchev–Trinajstić information content (AvgIpc) is 2.72. The Morgan fingerprint density at radius 1 is 1.00 bits per heavy atom. The summed E-state index contributed by atoms with van der Waals surface area (Å²) in [6.45, 7) is 6.02. The molecule has 0 radical (unpaired) electrons. The van der Waals surface area contributed by atoms with E-state index in [0.717, 1.165) is 68.0 Å². The van der Waals surface area contributed by atoms with E-state index in [-0.39, 0.29) is 5.82 Å². The second-order valence-electron chi connectivity index (χ2n) is 7.11. The summed E-state index contributed by atoms with van der Waals surface area (Å²) in [5.41, 5.74) is 3.12. The third-order valence-corrected chi connectivity index (χ3v) is 5.47. The standard InChI is InChI=1S/C22H24ClFN4/c23-17-2-7-20-21(8-10-26-22(20)16-17)25-9-1-11-27-12-14-28(15-13-27)19-5-3-18(24)4-6-19/h2-8,10,16H,1,9,11-15H2,(H,25,26). The molecule has 1 aromatic heterocycles. The van der Waals surface area contributed by atoms with Gasteiger partial charge in [0.1, 0.15) is 5.82 Å². The minimum Gasteiger partial charge on any atom is -0.384 e. The van der Waals surface area contributed by atoms with E-state index in [9.17, 15) is 4.39 Å². The van der Waals surface area contributed by atoms with Crippen LogP contribution in [0.15, 0.2) is 54.7 Å². The van der Waals surface area contributed by atoms with Crippen LogP contribution in [0.25, 0.3) is 10.9 Å². The Balaban J connectivity index is 1.23. The molecule has 3 aromatic rings. The topological polar surface area (TPSA) is 31.4 Å². The third-order valence-electron chi connectivity index (χ3n) is 5.24. The summed E-state index contributed by atoms with van der Waals surface area (Å²) in [6.07, 6.45) is 2.89. The molecule has 1 saturated heterocycles. The van der Waals surface area contributed by atoms with Crippen molar-refractivity contribution in [2.45, 2.75) is 6.42 Å². The molecule has 0 spiro atoms. The van der Waals surface area contributed by atoms with Gasteiger partial charge in [-0.05, 0) is 61.5 Å². The van der Waals surface area contributed by atoms with Gasteiger partial charge in [0, 0.05) is 60.7 Å². The fraction of sp³-hybridized carbons (Fsp3) is 0.318. The molecule has 0 unspecified atom stereocenters. The maximum atomic E-state index is 13.1. The first kappa shape index (κ1) is 19.0. The molecule has 6 heteroatoms. The number of piperazine rings is 1. The van der Waals surface area contributed by atoms with Crippen LogP contribution in [0.2, 0.25) is 5.02 Å². The quantitative estimate of drug-likeness (QED) is 0.612. The van der Waals surface area contributed by atoms with Crippen molar-refractivity contribution in [3.05, 3.63) is 65.6 Å². The highest BCUT2D eigenvalue weighted by Crippen LogP contribution is 2.24. The molecule has 0 bridgehead atoms. The number of rotatable bonds is 6. The molecule has 2 aromatic carbocycles. The van der Waals surface area contributed by atoms with E-state index in [0.29, 0.717) is 5.02 Å². The van der Waals surface area contributed by atoms with Gasteiger partial charge in [-0.2, -0.15) is 0 Å². The molecule has 1 aliphatic rings. The average molecular weight is 399 g/mol. The van der Waals surface area contributed by atoms with Gasteiger partial charge in [-0.1, -0.05) is 11.6 Å². The van der Waals surface area contributed by atoms with Crippen LogP contribution in [0.1, 0.15) is 6.42 Å². The van der Waals surface area contributed by atoms with E-state index in [1.807, 2.05) is 42.6 Å². The molecule has 1 fully saturated rings. The van der Waals surface area contributed by atoms with Gasteiger partial charge in [0.2, 0.25) is 0 Å². The molecule has 1 N–H and O–H groups in total. The highest BCUT2D eigenvalue weighted by Gasteiger charge is 2.16. The van der Waals surface area contributed by atoms with Crippen molar-refractivity contribution in [3.63, 3.8) is 0 Å². The van der Waals surface area contributed by atoms with Crippen molar-refractivity contribution < 1.29 is 4.39 Å². The summed E-state index contributed by atoms with van der Waals surface area (Å²) in [7, 11) is 0. The Labute approximate surface area is 169 Å². The maximum absolute atomic E-state index is 13.1. The summed E-state index contributed by atoms with van der Waals surface area (Å²) in [6, 6.07) is 14.6. The minimum atomic E-state index is -0.181. The summed E-state index contributed by atoms with van der Waals surface area (Å²) in [4.78, 5) is 9.20. The SMILES string of the molecule is Fc1ccc(N2CCN(CCCNc3ccnc4cc(Cl)ccc34)CC2)cc1. The van der Waals surface area contributed by atoms with Gasteiger partial charge in [0.25, 0.3) is 0 Å². The zero-order valence-corrected chi connectivity index (χ0v) is 16.5. The number of aromatic nitrogens is 1. The predicted molar refractivity (Wildman–Crippen MR) is 115 cm³/mol. The van der Waals surface area contributed by atoms with Crippen molar-refractivity contribution in [1.82, 2.24) is 9.88 Å². The van der Waals surface area contributed by atoms with E-state index >= 15 is 0 Å². The number of pyridine rings is 1. The molecule has 146 valence electrons. The third kappa shape index (κ3) is 4.54. The molecular weight excluding hydrogens is 375 g/mol. The van der Waals surface area contributed by atoms with Gasteiger partial charge in [0.15, 0.2) is 0 Å². The van der Waals surface area contributed by atoms with Gasteiger partial charge >= 0.3 is 0 Å². The van der Waals surface area contributed by atoms with Crippen molar-refractivity contribution >= 4 is 33.9 Å². The number of hydrogen-bond donors (Lipinski definition) is 1.